The van der Waals surface area contributed by atoms with Crippen molar-refractivity contribution in [3.63, 3.8) is 0 Å². The first-order valence-corrected chi connectivity index (χ1v) is 6.19. The predicted molar refractivity (Wildman–Crippen MR) is 65.5 cm³/mol. The van der Waals surface area contributed by atoms with E-state index in [2.05, 4.69) is 0 Å². The predicted octanol–water partition coefficient (Wildman–Crippen LogP) is 2.27. The van der Waals surface area contributed by atoms with Gasteiger partial charge in [0, 0.05) is 0 Å². The molecule has 3 nitrogen and oxygen atoms in total. The van der Waals surface area contributed by atoms with Crippen LogP contribution in [0.5, 0.6) is 0 Å². The van der Waals surface area contributed by atoms with Gasteiger partial charge in [-0.2, -0.15) is 0 Å². The zero-order valence-electron chi connectivity index (χ0n) is 9.69. The minimum absolute atomic E-state index is 0. The Morgan fingerprint density at radius 1 is 1.19 bits per heavy atom. The van der Waals surface area contributed by atoms with Gasteiger partial charge in [-0.25, -0.2) is 0 Å². The van der Waals surface area contributed by atoms with Crippen LogP contribution in [0.15, 0.2) is 0 Å². The van der Waals surface area contributed by atoms with Crippen LogP contribution in [0.3, 0.4) is 0 Å². The summed E-state index contributed by atoms with van der Waals surface area (Å²) in [5.41, 5.74) is 5.92. The number of hydrogen-bond donors (Lipinski definition) is 1. The molecule has 2 saturated carbocycles. The first kappa shape index (κ1) is 13.8. The van der Waals surface area contributed by atoms with Crippen molar-refractivity contribution in [1.29, 1.82) is 0 Å². The second kappa shape index (κ2) is 6.45. The number of ether oxygens (including phenoxy) is 1. The van der Waals surface area contributed by atoms with E-state index in [1.807, 2.05) is 0 Å². The van der Waals surface area contributed by atoms with Gasteiger partial charge in [0.1, 0.15) is 6.04 Å². The maximum Gasteiger partial charge on any atom is 0.323 e. The van der Waals surface area contributed by atoms with Crippen LogP contribution in [0.4, 0.5) is 0 Å². The molecule has 4 heteroatoms. The van der Waals surface area contributed by atoms with Gasteiger partial charge in [-0.15, -0.1) is 12.4 Å². The average Bonchev–Trinajstić information content (AvgIpc) is 3.10. The number of rotatable bonds is 4. The molecule has 0 aromatic rings. The fraction of sp³-hybridized carbons (Fsp3) is 0.917. The van der Waals surface area contributed by atoms with Crippen LogP contribution in [0.25, 0.3) is 0 Å². The molecule has 2 aliphatic rings. The maximum atomic E-state index is 11.6. The lowest BCUT2D eigenvalue weighted by atomic mass is 9.84. The van der Waals surface area contributed by atoms with E-state index >= 15 is 0 Å². The third-order valence-corrected chi connectivity index (χ3v) is 3.59. The Morgan fingerprint density at radius 3 is 2.38 bits per heavy atom. The van der Waals surface area contributed by atoms with Gasteiger partial charge >= 0.3 is 5.97 Å². The molecule has 0 aromatic heterocycles. The van der Waals surface area contributed by atoms with Gasteiger partial charge < -0.3 is 10.5 Å². The van der Waals surface area contributed by atoms with Gasteiger partial charge in [0.25, 0.3) is 0 Å². The zero-order chi connectivity index (χ0) is 10.7. The zero-order valence-corrected chi connectivity index (χ0v) is 10.5. The summed E-state index contributed by atoms with van der Waals surface area (Å²) in [7, 11) is 0. The molecule has 16 heavy (non-hydrogen) atoms. The van der Waals surface area contributed by atoms with Crippen molar-refractivity contribution in [3.8, 4) is 0 Å². The molecule has 1 unspecified atom stereocenters. The van der Waals surface area contributed by atoms with Gasteiger partial charge in [-0.05, 0) is 37.5 Å². The van der Waals surface area contributed by atoms with E-state index in [9.17, 15) is 4.79 Å². The number of esters is 1. The molecule has 0 aliphatic heterocycles. The van der Waals surface area contributed by atoms with E-state index in [1.165, 1.54) is 32.1 Å². The van der Waals surface area contributed by atoms with E-state index in [0.29, 0.717) is 18.4 Å². The summed E-state index contributed by atoms with van der Waals surface area (Å²) in [5.74, 6) is 0.826. The Hall–Kier alpha value is -0.280. The van der Waals surface area contributed by atoms with E-state index in [4.69, 9.17) is 10.5 Å². The lowest BCUT2D eigenvalue weighted by Gasteiger charge is -2.25. The lowest BCUT2D eigenvalue weighted by Crippen LogP contribution is -2.40. The molecule has 0 aromatic carbocycles. The Balaban J connectivity index is 0.00000128. The first-order valence-electron chi connectivity index (χ1n) is 6.19. The molecule has 0 bridgehead atoms. The molecule has 2 N–H and O–H groups in total. The summed E-state index contributed by atoms with van der Waals surface area (Å²) >= 11 is 0. The Bertz CT molecular complexity index is 225. The first-order chi connectivity index (χ1) is 7.27. The van der Waals surface area contributed by atoms with Crippen molar-refractivity contribution in [3.05, 3.63) is 0 Å². The molecule has 0 spiro atoms. The highest BCUT2D eigenvalue weighted by Crippen LogP contribution is 2.30. The van der Waals surface area contributed by atoms with Crippen LogP contribution in [0, 0.1) is 11.8 Å². The van der Waals surface area contributed by atoms with Crippen molar-refractivity contribution >= 4 is 18.4 Å². The van der Waals surface area contributed by atoms with E-state index in [0.717, 1.165) is 12.8 Å². The Kier molecular flexibility index (Phi) is 5.56. The van der Waals surface area contributed by atoms with Gasteiger partial charge in [-0.3, -0.25) is 4.79 Å². The average molecular weight is 248 g/mol. The standard InChI is InChI=1S/C12H21NO2.ClH/c13-11(10-4-2-1-3-5-10)12(14)15-8-9-6-7-9;/h9-11H,1-8,13H2;1H. The van der Waals surface area contributed by atoms with Crippen LogP contribution in [0.1, 0.15) is 44.9 Å². The Morgan fingerprint density at radius 2 is 1.81 bits per heavy atom. The molecule has 1 atom stereocenters. The number of halogens is 1. The summed E-state index contributed by atoms with van der Waals surface area (Å²) < 4.78 is 5.22. The molecular weight excluding hydrogens is 226 g/mol. The smallest absolute Gasteiger partial charge is 0.323 e. The number of nitrogens with two attached hydrogens (primary N) is 1. The topological polar surface area (TPSA) is 52.3 Å². The second-order valence-corrected chi connectivity index (χ2v) is 5.00. The van der Waals surface area contributed by atoms with Crippen molar-refractivity contribution in [2.24, 2.45) is 17.6 Å². The van der Waals surface area contributed by atoms with Crippen molar-refractivity contribution in [2.75, 3.05) is 6.61 Å². The molecule has 2 rings (SSSR count). The van der Waals surface area contributed by atoms with Gasteiger partial charge in [0.15, 0.2) is 0 Å². The summed E-state index contributed by atoms with van der Waals surface area (Å²) in [5, 5.41) is 0. The lowest BCUT2D eigenvalue weighted by molar-refractivity contribution is -0.147. The fourth-order valence-corrected chi connectivity index (χ4v) is 2.27. The molecule has 0 amide bonds. The van der Waals surface area contributed by atoms with Gasteiger partial charge in [0.05, 0.1) is 6.61 Å². The molecule has 0 heterocycles. The van der Waals surface area contributed by atoms with Crippen LogP contribution in [-0.4, -0.2) is 18.6 Å². The monoisotopic (exact) mass is 247 g/mol. The summed E-state index contributed by atoms with van der Waals surface area (Å²) in [6.07, 6.45) is 8.35. The van der Waals surface area contributed by atoms with E-state index in [-0.39, 0.29) is 24.4 Å². The minimum Gasteiger partial charge on any atom is -0.464 e. The molecule has 2 fully saturated rings. The highest BCUT2D eigenvalue weighted by molar-refractivity contribution is 5.85. The molecule has 0 saturated heterocycles. The highest BCUT2D eigenvalue weighted by atomic mass is 35.5. The van der Waals surface area contributed by atoms with E-state index in [1.54, 1.807) is 0 Å². The minimum atomic E-state index is -0.371. The second-order valence-electron chi connectivity index (χ2n) is 5.00. The van der Waals surface area contributed by atoms with Crippen LogP contribution < -0.4 is 5.73 Å². The number of hydrogen-bond acceptors (Lipinski definition) is 3. The number of carbonyl (C=O) groups excluding carboxylic acids is 1. The third-order valence-electron chi connectivity index (χ3n) is 3.59. The molecule has 94 valence electrons. The quantitative estimate of drug-likeness (QED) is 0.776. The van der Waals surface area contributed by atoms with Gasteiger partial charge in [-0.1, -0.05) is 19.3 Å². The highest BCUT2D eigenvalue weighted by Gasteiger charge is 2.29. The van der Waals surface area contributed by atoms with Crippen molar-refractivity contribution < 1.29 is 9.53 Å². The maximum absolute atomic E-state index is 11.6. The van der Waals surface area contributed by atoms with Gasteiger partial charge in [0.2, 0.25) is 0 Å². The molecule has 2 aliphatic carbocycles. The van der Waals surface area contributed by atoms with Crippen LogP contribution in [0.2, 0.25) is 0 Å². The Labute approximate surface area is 104 Å². The van der Waals surface area contributed by atoms with Crippen molar-refractivity contribution in [1.82, 2.24) is 0 Å². The number of carbonyl (C=O) groups is 1. The fourth-order valence-electron chi connectivity index (χ4n) is 2.27. The summed E-state index contributed by atoms with van der Waals surface area (Å²) in [6, 6.07) is -0.371. The largest absolute Gasteiger partial charge is 0.464 e. The van der Waals surface area contributed by atoms with E-state index < -0.39 is 0 Å². The van der Waals surface area contributed by atoms with Crippen LogP contribution >= 0.6 is 12.4 Å². The van der Waals surface area contributed by atoms with Crippen molar-refractivity contribution in [2.45, 2.75) is 51.0 Å². The SMILES string of the molecule is Cl.NC(C(=O)OCC1CC1)C1CCCCC1. The molecule has 0 radical (unpaired) electrons. The third kappa shape index (κ3) is 3.95. The summed E-state index contributed by atoms with van der Waals surface area (Å²) in [4.78, 5) is 11.6. The van der Waals surface area contributed by atoms with Crippen LogP contribution in [-0.2, 0) is 9.53 Å². The normalized spacial score (nSPS) is 23.3. The molecular formula is C12H22ClNO2. The summed E-state index contributed by atoms with van der Waals surface area (Å²) in [6.45, 7) is 0.596.